The quantitative estimate of drug-likeness (QED) is 0.831. The number of aromatic nitrogens is 2. The van der Waals surface area contributed by atoms with Crippen molar-refractivity contribution in [2.24, 2.45) is 5.92 Å². The summed E-state index contributed by atoms with van der Waals surface area (Å²) in [4.78, 5) is 14.6. The van der Waals surface area contributed by atoms with E-state index in [4.69, 9.17) is 0 Å². The van der Waals surface area contributed by atoms with Crippen molar-refractivity contribution in [3.8, 4) is 0 Å². The molecule has 22 heavy (non-hydrogen) atoms. The van der Waals surface area contributed by atoms with Crippen molar-refractivity contribution < 1.29 is 13.2 Å². The van der Waals surface area contributed by atoms with Gasteiger partial charge < -0.3 is 4.90 Å². The molecule has 7 heteroatoms. The molecule has 2 aliphatic heterocycles. The van der Waals surface area contributed by atoms with Crippen LogP contribution >= 0.6 is 0 Å². The Morgan fingerprint density at radius 2 is 2.18 bits per heavy atom. The highest BCUT2D eigenvalue weighted by molar-refractivity contribution is 7.91. The molecule has 3 heterocycles. The van der Waals surface area contributed by atoms with Gasteiger partial charge >= 0.3 is 0 Å². The average molecular weight is 325 g/mol. The molecule has 0 N–H and O–H groups in total. The second kappa shape index (κ2) is 6.02. The van der Waals surface area contributed by atoms with Crippen LogP contribution in [0.4, 0.5) is 0 Å². The monoisotopic (exact) mass is 325 g/mol. The van der Waals surface area contributed by atoms with E-state index >= 15 is 0 Å². The number of likely N-dealkylation sites (tertiary alicyclic amines) is 1. The molecule has 0 bridgehead atoms. The summed E-state index contributed by atoms with van der Waals surface area (Å²) in [6, 6.07) is 0.129. The zero-order valence-electron chi connectivity index (χ0n) is 12.9. The number of carbonyl (C=O) groups is 1. The Hall–Kier alpha value is -1.37. The maximum Gasteiger partial charge on any atom is 0.227 e. The van der Waals surface area contributed by atoms with Crippen molar-refractivity contribution in [1.82, 2.24) is 14.7 Å². The van der Waals surface area contributed by atoms with Crippen molar-refractivity contribution >= 4 is 15.7 Å². The predicted octanol–water partition coefficient (Wildman–Crippen LogP) is 1.01. The molecule has 0 aromatic carbocycles. The number of sulfone groups is 1. The molecule has 2 fully saturated rings. The van der Waals surface area contributed by atoms with E-state index in [1.165, 1.54) is 0 Å². The fourth-order valence-electron chi connectivity index (χ4n) is 3.49. The van der Waals surface area contributed by atoms with E-state index in [-0.39, 0.29) is 29.4 Å². The highest BCUT2D eigenvalue weighted by Gasteiger charge is 2.38. The zero-order chi connectivity index (χ0) is 15.7. The van der Waals surface area contributed by atoms with Crippen LogP contribution in [-0.2, 0) is 21.2 Å². The third-order valence-electron chi connectivity index (χ3n) is 4.65. The fraction of sp³-hybridized carbons (Fsp3) is 0.733. The van der Waals surface area contributed by atoms with E-state index in [1.54, 1.807) is 0 Å². The molecule has 0 saturated carbocycles. The molecular weight excluding hydrogens is 302 g/mol. The van der Waals surface area contributed by atoms with Crippen molar-refractivity contribution in [3.05, 3.63) is 18.0 Å². The van der Waals surface area contributed by atoms with E-state index < -0.39 is 9.84 Å². The van der Waals surface area contributed by atoms with E-state index in [1.807, 2.05) is 28.9 Å². The first-order chi connectivity index (χ1) is 10.4. The lowest BCUT2D eigenvalue weighted by molar-refractivity contribution is -0.138. The lowest BCUT2D eigenvalue weighted by atomic mass is 9.98. The van der Waals surface area contributed by atoms with Crippen LogP contribution in [0.5, 0.6) is 0 Å². The minimum Gasteiger partial charge on any atom is -0.338 e. The number of hydrogen-bond acceptors (Lipinski definition) is 4. The highest BCUT2D eigenvalue weighted by atomic mass is 32.2. The summed E-state index contributed by atoms with van der Waals surface area (Å²) < 4.78 is 25.1. The van der Waals surface area contributed by atoms with Crippen molar-refractivity contribution in [2.75, 3.05) is 18.1 Å². The first kappa shape index (κ1) is 15.5. The van der Waals surface area contributed by atoms with Crippen molar-refractivity contribution in [2.45, 2.75) is 45.2 Å². The molecule has 2 aliphatic rings. The first-order valence-electron chi connectivity index (χ1n) is 7.94. The lowest BCUT2D eigenvalue weighted by Gasteiger charge is -2.37. The summed E-state index contributed by atoms with van der Waals surface area (Å²) in [6.45, 7) is 3.43. The van der Waals surface area contributed by atoms with Gasteiger partial charge in [0.25, 0.3) is 0 Å². The van der Waals surface area contributed by atoms with Crippen LogP contribution < -0.4 is 0 Å². The van der Waals surface area contributed by atoms with Crippen molar-refractivity contribution in [3.63, 3.8) is 0 Å². The average Bonchev–Trinajstić information content (AvgIpc) is 3.04. The maximum atomic E-state index is 12.7. The number of hydrogen-bond donors (Lipinski definition) is 0. The number of aryl methyl sites for hydroxylation is 1. The lowest BCUT2D eigenvalue weighted by Crippen LogP contribution is -2.48. The Morgan fingerprint density at radius 3 is 2.82 bits per heavy atom. The van der Waals surface area contributed by atoms with Gasteiger partial charge in [-0.1, -0.05) is 0 Å². The van der Waals surface area contributed by atoms with Gasteiger partial charge in [0.1, 0.15) is 0 Å². The van der Waals surface area contributed by atoms with Crippen molar-refractivity contribution in [1.29, 1.82) is 0 Å². The smallest absolute Gasteiger partial charge is 0.227 e. The highest BCUT2D eigenvalue weighted by Crippen LogP contribution is 2.26. The molecule has 1 amide bonds. The number of amides is 1. The maximum absolute atomic E-state index is 12.7. The number of carbonyl (C=O) groups excluding carboxylic acids is 1. The summed E-state index contributed by atoms with van der Waals surface area (Å²) in [6.07, 6.45) is 7.35. The van der Waals surface area contributed by atoms with E-state index in [0.29, 0.717) is 13.0 Å². The third-order valence-corrected chi connectivity index (χ3v) is 6.42. The minimum absolute atomic E-state index is 0.0228. The number of rotatable bonds is 3. The molecule has 2 atom stereocenters. The van der Waals surface area contributed by atoms with Crippen LogP contribution in [0.25, 0.3) is 0 Å². The van der Waals surface area contributed by atoms with Crippen LogP contribution in [-0.4, -0.2) is 53.1 Å². The second-order valence-corrected chi connectivity index (χ2v) is 8.75. The SMILES string of the molecule is Cc1cnn(C[C@@H]2CCCCN2C(=O)[C@H]2CCS(=O)(=O)C2)c1. The van der Waals surface area contributed by atoms with E-state index in [0.717, 1.165) is 31.4 Å². The third kappa shape index (κ3) is 3.34. The largest absolute Gasteiger partial charge is 0.338 e. The molecule has 3 rings (SSSR count). The Morgan fingerprint density at radius 1 is 1.36 bits per heavy atom. The Balaban J connectivity index is 1.70. The molecule has 0 unspecified atom stereocenters. The predicted molar refractivity (Wildman–Crippen MR) is 83.1 cm³/mol. The van der Waals surface area contributed by atoms with Crippen LogP contribution in [0.3, 0.4) is 0 Å². The molecule has 6 nitrogen and oxygen atoms in total. The fourth-order valence-corrected chi connectivity index (χ4v) is 5.22. The van der Waals surface area contributed by atoms with Crippen LogP contribution in [0, 0.1) is 12.8 Å². The van der Waals surface area contributed by atoms with Gasteiger partial charge in [-0.3, -0.25) is 9.48 Å². The van der Waals surface area contributed by atoms with Gasteiger partial charge in [0.2, 0.25) is 5.91 Å². The van der Waals surface area contributed by atoms with Crippen LogP contribution in [0.2, 0.25) is 0 Å². The van der Waals surface area contributed by atoms with Gasteiger partial charge in [0.15, 0.2) is 9.84 Å². The Kier molecular flexibility index (Phi) is 4.25. The van der Waals surface area contributed by atoms with Gasteiger partial charge in [-0.05, 0) is 38.2 Å². The van der Waals surface area contributed by atoms with E-state index in [9.17, 15) is 13.2 Å². The van der Waals surface area contributed by atoms with Gasteiger partial charge in [-0.2, -0.15) is 5.10 Å². The van der Waals surface area contributed by atoms with Gasteiger partial charge in [-0.25, -0.2) is 8.42 Å². The molecule has 0 aliphatic carbocycles. The minimum atomic E-state index is -3.02. The first-order valence-corrected chi connectivity index (χ1v) is 9.77. The Bertz CT molecular complexity index is 653. The number of piperidine rings is 1. The van der Waals surface area contributed by atoms with Crippen LogP contribution in [0.1, 0.15) is 31.2 Å². The second-order valence-electron chi connectivity index (χ2n) is 6.52. The van der Waals surface area contributed by atoms with Gasteiger partial charge in [0.05, 0.1) is 36.2 Å². The van der Waals surface area contributed by atoms with E-state index in [2.05, 4.69) is 5.10 Å². The molecule has 0 radical (unpaired) electrons. The summed E-state index contributed by atoms with van der Waals surface area (Å²) >= 11 is 0. The molecule has 2 saturated heterocycles. The molecule has 0 spiro atoms. The zero-order valence-corrected chi connectivity index (χ0v) is 13.8. The van der Waals surface area contributed by atoms with Gasteiger partial charge in [-0.15, -0.1) is 0 Å². The van der Waals surface area contributed by atoms with Gasteiger partial charge in [0, 0.05) is 12.7 Å². The molecule has 1 aromatic heterocycles. The summed E-state index contributed by atoms with van der Waals surface area (Å²) in [5.41, 5.74) is 1.11. The Labute approximate surface area is 131 Å². The summed E-state index contributed by atoms with van der Waals surface area (Å²) in [7, 11) is -3.02. The molecular formula is C15H23N3O3S. The van der Waals surface area contributed by atoms with Crippen LogP contribution in [0.15, 0.2) is 12.4 Å². The molecule has 122 valence electrons. The summed E-state index contributed by atoms with van der Waals surface area (Å²) in [5, 5.41) is 4.31. The standard InChI is InChI=1S/C15H23N3O3S/c1-12-8-16-17(9-12)10-14-4-2-3-6-18(14)15(19)13-5-7-22(20,21)11-13/h8-9,13-14H,2-7,10-11H2,1H3/t13-,14-/m0/s1. The summed E-state index contributed by atoms with van der Waals surface area (Å²) in [5.74, 6) is -0.143. The topological polar surface area (TPSA) is 72.3 Å². The normalized spacial score (nSPS) is 28.0. The number of nitrogens with zero attached hydrogens (tertiary/aromatic N) is 3. The molecule has 1 aromatic rings.